The maximum atomic E-state index is 4.00. The average Bonchev–Trinajstić information content (AvgIpc) is 2.05. The van der Waals surface area contributed by atoms with E-state index in [2.05, 4.69) is 9.71 Å². The number of nitrogens with zero attached hydrogens (tertiary/aromatic N) is 1. The summed E-state index contributed by atoms with van der Waals surface area (Å²) in [5.41, 5.74) is 2.30. The fraction of sp³-hybridized carbons (Fsp3) is 0. The van der Waals surface area contributed by atoms with Gasteiger partial charge in [-0.1, -0.05) is 0 Å². The van der Waals surface area contributed by atoms with Gasteiger partial charge in [-0.3, -0.25) is 4.98 Å². The lowest BCUT2D eigenvalue weighted by Gasteiger charge is -2.09. The minimum absolute atomic E-state index is 1.14. The van der Waals surface area contributed by atoms with Crippen LogP contribution in [0.15, 0.2) is 23.9 Å². The van der Waals surface area contributed by atoms with E-state index in [-0.39, 0.29) is 0 Å². The summed E-state index contributed by atoms with van der Waals surface area (Å²) in [5, 5.41) is 2.00. The average molecular weight is 150 g/mol. The molecular formula is C7H6N2S. The maximum absolute atomic E-state index is 4.00. The summed E-state index contributed by atoms with van der Waals surface area (Å²) < 4.78 is 3.15. The molecule has 0 aliphatic carbocycles. The third-order valence-electron chi connectivity index (χ3n) is 1.34. The van der Waals surface area contributed by atoms with Crippen molar-refractivity contribution in [3.05, 3.63) is 29.4 Å². The molecule has 0 fully saturated rings. The van der Waals surface area contributed by atoms with Crippen LogP contribution in [0.3, 0.4) is 0 Å². The molecular weight excluding hydrogens is 144 g/mol. The van der Waals surface area contributed by atoms with E-state index in [0.717, 1.165) is 11.3 Å². The van der Waals surface area contributed by atoms with Crippen molar-refractivity contribution in [3.8, 4) is 0 Å². The minimum atomic E-state index is 1.14. The molecule has 2 nitrogen and oxygen atoms in total. The molecule has 0 radical (unpaired) electrons. The first-order valence-electron chi connectivity index (χ1n) is 2.99. The third-order valence-corrected chi connectivity index (χ3v) is 1.95. The molecule has 1 N–H and O–H groups in total. The molecule has 0 saturated carbocycles. The largest absolute Gasteiger partial charge is 0.325 e. The first-order valence-corrected chi connectivity index (χ1v) is 3.87. The summed E-state index contributed by atoms with van der Waals surface area (Å²) in [7, 11) is 0. The van der Waals surface area contributed by atoms with Crippen LogP contribution in [0.25, 0.3) is 6.08 Å². The van der Waals surface area contributed by atoms with Crippen LogP contribution in [0, 0.1) is 0 Å². The summed E-state index contributed by atoms with van der Waals surface area (Å²) in [5.74, 6) is 0. The predicted molar refractivity (Wildman–Crippen MR) is 44.5 cm³/mol. The first-order chi connectivity index (χ1) is 4.97. The molecule has 1 aliphatic rings. The number of hydrogen-bond acceptors (Lipinski definition) is 3. The van der Waals surface area contributed by atoms with Crippen LogP contribution in [0.2, 0.25) is 0 Å². The van der Waals surface area contributed by atoms with Crippen LogP contribution in [0.5, 0.6) is 0 Å². The Labute approximate surface area is 63.5 Å². The minimum Gasteiger partial charge on any atom is -0.325 e. The van der Waals surface area contributed by atoms with Crippen LogP contribution >= 0.6 is 11.9 Å². The summed E-state index contributed by atoms with van der Waals surface area (Å²) in [6.07, 6.45) is 5.67. The Kier molecular flexibility index (Phi) is 1.36. The lowest BCUT2D eigenvalue weighted by Crippen LogP contribution is -1.92. The number of pyridine rings is 1. The van der Waals surface area contributed by atoms with Gasteiger partial charge in [-0.15, -0.1) is 0 Å². The van der Waals surface area contributed by atoms with Gasteiger partial charge < -0.3 is 4.72 Å². The van der Waals surface area contributed by atoms with Gasteiger partial charge >= 0.3 is 0 Å². The molecule has 0 bridgehead atoms. The molecule has 0 saturated heterocycles. The second-order valence-corrected chi connectivity index (χ2v) is 2.70. The van der Waals surface area contributed by atoms with Crippen molar-refractivity contribution in [2.45, 2.75) is 0 Å². The van der Waals surface area contributed by atoms with E-state index < -0.39 is 0 Å². The van der Waals surface area contributed by atoms with Crippen molar-refractivity contribution in [2.75, 3.05) is 4.72 Å². The van der Waals surface area contributed by atoms with Crippen molar-refractivity contribution >= 4 is 23.7 Å². The standard InChI is InChI=1S/C7H6N2S/c1-3-8-5-6-2-4-10-9-7(1)6/h1-5,9H. The molecule has 10 heavy (non-hydrogen) atoms. The number of hydrogen-bond donors (Lipinski definition) is 1. The van der Waals surface area contributed by atoms with E-state index in [1.807, 2.05) is 23.7 Å². The van der Waals surface area contributed by atoms with Crippen molar-refractivity contribution in [3.63, 3.8) is 0 Å². The Morgan fingerprint density at radius 1 is 1.50 bits per heavy atom. The van der Waals surface area contributed by atoms with E-state index in [1.54, 1.807) is 18.1 Å². The third kappa shape index (κ3) is 0.885. The molecule has 0 unspecified atom stereocenters. The number of rotatable bonds is 0. The van der Waals surface area contributed by atoms with Crippen LogP contribution in [0.4, 0.5) is 5.69 Å². The highest BCUT2D eigenvalue weighted by Gasteiger charge is 2.00. The van der Waals surface area contributed by atoms with Crippen molar-refractivity contribution in [1.29, 1.82) is 0 Å². The molecule has 0 atom stereocenters. The van der Waals surface area contributed by atoms with Gasteiger partial charge in [0.25, 0.3) is 0 Å². The quantitative estimate of drug-likeness (QED) is 0.573. The molecule has 1 aliphatic heterocycles. The molecule has 0 amide bonds. The van der Waals surface area contributed by atoms with Crippen molar-refractivity contribution in [2.24, 2.45) is 0 Å². The molecule has 2 heterocycles. The van der Waals surface area contributed by atoms with Crippen LogP contribution in [0.1, 0.15) is 5.56 Å². The second kappa shape index (κ2) is 2.34. The van der Waals surface area contributed by atoms with Gasteiger partial charge in [-0.2, -0.15) is 0 Å². The van der Waals surface area contributed by atoms with E-state index in [0.29, 0.717) is 0 Å². The SMILES string of the molecule is C1=Cc2cnccc2NS1. The van der Waals surface area contributed by atoms with E-state index in [1.165, 1.54) is 0 Å². The van der Waals surface area contributed by atoms with Gasteiger partial charge in [0.2, 0.25) is 0 Å². The predicted octanol–water partition coefficient (Wildman–Crippen LogP) is 2.13. The second-order valence-electron chi connectivity index (χ2n) is 1.99. The van der Waals surface area contributed by atoms with Gasteiger partial charge in [0.05, 0.1) is 5.69 Å². The Bertz CT molecular complexity index is 270. The van der Waals surface area contributed by atoms with Gasteiger partial charge in [0.1, 0.15) is 0 Å². The van der Waals surface area contributed by atoms with Crippen LogP contribution in [-0.2, 0) is 0 Å². The normalized spacial score (nSPS) is 14.0. The number of anilines is 1. The number of nitrogens with one attached hydrogen (secondary N) is 1. The highest BCUT2D eigenvalue weighted by molar-refractivity contribution is 8.03. The molecule has 50 valence electrons. The Hall–Kier alpha value is -0.960. The Balaban J connectivity index is 2.54. The molecule has 1 aromatic heterocycles. The fourth-order valence-electron chi connectivity index (χ4n) is 0.837. The van der Waals surface area contributed by atoms with Crippen LogP contribution < -0.4 is 4.72 Å². The van der Waals surface area contributed by atoms with E-state index in [4.69, 9.17) is 0 Å². The molecule has 2 rings (SSSR count). The van der Waals surface area contributed by atoms with Crippen LogP contribution in [-0.4, -0.2) is 4.98 Å². The molecule has 1 aromatic rings. The van der Waals surface area contributed by atoms with E-state index >= 15 is 0 Å². The first kappa shape index (κ1) is 5.80. The summed E-state index contributed by atoms with van der Waals surface area (Å²) >= 11 is 1.58. The highest BCUT2D eigenvalue weighted by Crippen LogP contribution is 2.24. The molecule has 0 spiro atoms. The zero-order valence-corrected chi connectivity index (χ0v) is 6.06. The van der Waals surface area contributed by atoms with Crippen molar-refractivity contribution in [1.82, 2.24) is 4.98 Å². The summed E-state index contributed by atoms with van der Waals surface area (Å²) in [6.45, 7) is 0. The molecule has 0 aromatic carbocycles. The highest BCUT2D eigenvalue weighted by atomic mass is 32.2. The zero-order valence-electron chi connectivity index (χ0n) is 5.24. The lowest BCUT2D eigenvalue weighted by atomic mass is 10.2. The monoisotopic (exact) mass is 150 g/mol. The molecule has 3 heteroatoms. The summed E-state index contributed by atoms with van der Waals surface area (Å²) in [4.78, 5) is 4.00. The number of fused-ring (bicyclic) bond motifs is 1. The number of aromatic nitrogens is 1. The smallest absolute Gasteiger partial charge is 0.0546 e. The van der Waals surface area contributed by atoms with Gasteiger partial charge in [0, 0.05) is 18.0 Å². The van der Waals surface area contributed by atoms with Gasteiger partial charge in [-0.05, 0) is 29.5 Å². The lowest BCUT2D eigenvalue weighted by molar-refractivity contribution is 1.32. The van der Waals surface area contributed by atoms with Gasteiger partial charge in [-0.25, -0.2) is 0 Å². The maximum Gasteiger partial charge on any atom is 0.0546 e. The van der Waals surface area contributed by atoms with E-state index in [9.17, 15) is 0 Å². The Morgan fingerprint density at radius 2 is 2.50 bits per heavy atom. The topological polar surface area (TPSA) is 24.9 Å². The summed E-state index contributed by atoms with van der Waals surface area (Å²) in [6, 6.07) is 1.96. The fourth-order valence-corrected chi connectivity index (χ4v) is 1.43. The Morgan fingerprint density at radius 3 is 3.40 bits per heavy atom. The van der Waals surface area contributed by atoms with Gasteiger partial charge in [0.15, 0.2) is 0 Å². The van der Waals surface area contributed by atoms with Crippen molar-refractivity contribution < 1.29 is 0 Å². The zero-order chi connectivity index (χ0) is 6.81.